The first-order chi connectivity index (χ1) is 19.5. The summed E-state index contributed by atoms with van der Waals surface area (Å²) in [6.07, 6.45) is 8.72. The fourth-order valence-electron chi connectivity index (χ4n) is 7.20. The van der Waals surface area contributed by atoms with Gasteiger partial charge in [0.05, 0.1) is 0 Å². The molecule has 0 heterocycles. The number of allylic oxidation sites excluding steroid dienone is 2. The van der Waals surface area contributed by atoms with Gasteiger partial charge in [-0.2, -0.15) is 0 Å². The number of hydrogen-bond acceptors (Lipinski definition) is 0. The number of benzene rings is 4. The standard InChI is InChI=1S/2C17H15.C3H8.CH3.2ClH.H3Si.Zr/c2*1-2-13-11-15-9-6-10-16(17(15)12-13)14-7-4-3-5-8-14;1-3-2;;;;;/h2*3-12H,2H2,1H3;3H2,1-2H3;1H3;2*1H;1H3;. The molecule has 0 nitrogen and oxygen atoms in total. The molecule has 0 aliphatic heterocycles. The first-order valence-electron chi connectivity index (χ1n) is 15.2. The van der Waals surface area contributed by atoms with Gasteiger partial charge < -0.3 is 0 Å². The van der Waals surface area contributed by atoms with Gasteiger partial charge in [-0.15, -0.1) is 24.8 Å². The van der Waals surface area contributed by atoms with Crippen molar-refractivity contribution in [2.45, 2.75) is 58.8 Å². The Balaban J connectivity index is 0.000000930. The van der Waals surface area contributed by atoms with Gasteiger partial charge >= 0.3 is 230 Å². The van der Waals surface area contributed by atoms with E-state index in [0.717, 1.165) is 12.8 Å². The van der Waals surface area contributed by atoms with Crippen molar-refractivity contribution in [3.63, 3.8) is 0 Å². The van der Waals surface area contributed by atoms with Crippen LogP contribution in [0.25, 0.3) is 34.4 Å². The summed E-state index contributed by atoms with van der Waals surface area (Å²) < 4.78 is 4.12. The van der Waals surface area contributed by atoms with E-state index in [2.05, 4.69) is 142 Å². The molecule has 0 aromatic heterocycles. The van der Waals surface area contributed by atoms with E-state index in [9.17, 15) is 0 Å². The van der Waals surface area contributed by atoms with Crippen LogP contribution in [-0.2, 0) is 19.4 Å². The van der Waals surface area contributed by atoms with Crippen LogP contribution in [0.3, 0.4) is 0 Å². The van der Waals surface area contributed by atoms with E-state index >= 15 is 0 Å². The maximum atomic E-state index is 2.79. The number of hydrogen-bond donors (Lipinski definition) is 0. The van der Waals surface area contributed by atoms with Crippen LogP contribution in [0.2, 0.25) is 4.63 Å². The van der Waals surface area contributed by atoms with Crippen LogP contribution in [0.5, 0.6) is 0 Å². The van der Waals surface area contributed by atoms with Gasteiger partial charge in [-0.1, -0.05) is 20.3 Å². The van der Waals surface area contributed by atoms with Crippen molar-refractivity contribution in [2.75, 3.05) is 0 Å². The van der Waals surface area contributed by atoms with Crippen molar-refractivity contribution >= 4 is 44.3 Å². The molecule has 0 saturated heterocycles. The van der Waals surface area contributed by atoms with E-state index < -0.39 is 19.4 Å². The number of fused-ring (bicyclic) bond motifs is 2. The second-order valence-electron chi connectivity index (χ2n) is 11.9. The molecule has 0 spiro atoms. The number of rotatable bonds is 6. The zero-order chi connectivity index (χ0) is 28.3. The van der Waals surface area contributed by atoms with E-state index in [1.165, 1.54) is 47.2 Å². The van der Waals surface area contributed by atoms with Gasteiger partial charge in [-0.3, -0.25) is 0 Å². The molecule has 0 radical (unpaired) electrons. The van der Waals surface area contributed by atoms with Crippen LogP contribution >= 0.6 is 24.8 Å². The van der Waals surface area contributed by atoms with Crippen LogP contribution < -0.4 is 0 Å². The Morgan fingerprint density at radius 1 is 0.548 bits per heavy atom. The SMILES string of the molecule is CCC.CCC1=Cc2c(-c3ccccc3)cccc2[CH]1[Zr]([CH3])([SiH3])[CH]1C(CC)=Cc2c(-c3ccccc3)cccc21.Cl.Cl. The average molecular weight is 693 g/mol. The molecular formula is C38H46Cl2SiZr. The maximum Gasteiger partial charge on any atom is -0.147 e. The Bertz CT molecular complexity index is 1430. The zero-order valence-electron chi connectivity index (χ0n) is 26.0. The Hall–Kier alpha value is -1.96. The quantitative estimate of drug-likeness (QED) is 0.177. The molecule has 0 amide bonds. The molecule has 4 aromatic rings. The molecule has 0 N–H and O–H groups in total. The maximum absolute atomic E-state index is 2.79. The van der Waals surface area contributed by atoms with E-state index in [4.69, 9.17) is 0 Å². The number of halogens is 2. The Labute approximate surface area is 273 Å². The zero-order valence-corrected chi connectivity index (χ0v) is 32.1. The minimum atomic E-state index is -2.74. The summed E-state index contributed by atoms with van der Waals surface area (Å²) in [5.74, 6) is 0. The summed E-state index contributed by atoms with van der Waals surface area (Å²) in [7, 11) is 1.32. The smallest absolute Gasteiger partial charge is 0.147 e. The molecule has 2 aliphatic rings. The molecule has 2 aliphatic carbocycles. The van der Waals surface area contributed by atoms with E-state index in [1.54, 1.807) is 22.3 Å². The van der Waals surface area contributed by atoms with Crippen molar-refractivity contribution in [3.8, 4) is 22.3 Å². The fraction of sp³-hybridized carbons (Fsp3) is 0.263. The molecule has 6 rings (SSSR count). The molecule has 2 unspecified atom stereocenters. The molecule has 2 atom stereocenters. The minimum Gasteiger partial charge on any atom is -0.147 e. The van der Waals surface area contributed by atoms with Crippen LogP contribution in [0.1, 0.15) is 76.5 Å². The average Bonchev–Trinajstić information content (AvgIpc) is 3.58. The topological polar surface area (TPSA) is 0 Å². The van der Waals surface area contributed by atoms with Crippen molar-refractivity contribution in [3.05, 3.63) is 130 Å². The summed E-state index contributed by atoms with van der Waals surface area (Å²) >= 11 is -2.74. The van der Waals surface area contributed by atoms with Crippen molar-refractivity contribution in [1.29, 1.82) is 0 Å². The summed E-state index contributed by atoms with van der Waals surface area (Å²) in [6, 6.07) is 36.2. The summed E-state index contributed by atoms with van der Waals surface area (Å²) in [5, 5.41) is 0. The first kappa shape index (κ1) is 34.5. The summed E-state index contributed by atoms with van der Waals surface area (Å²) in [6.45, 7) is 9.01. The monoisotopic (exact) mass is 690 g/mol. The minimum absolute atomic E-state index is 0. The van der Waals surface area contributed by atoms with Crippen molar-refractivity contribution in [2.24, 2.45) is 0 Å². The van der Waals surface area contributed by atoms with Gasteiger partial charge in [0.1, 0.15) is 0 Å². The molecular weight excluding hydrogens is 647 g/mol. The van der Waals surface area contributed by atoms with Gasteiger partial charge in [0.2, 0.25) is 0 Å². The Morgan fingerprint density at radius 2 is 0.905 bits per heavy atom. The van der Waals surface area contributed by atoms with Crippen LogP contribution in [0, 0.1) is 0 Å². The second-order valence-corrected chi connectivity index (χ2v) is 36.4. The molecule has 220 valence electrons. The fourth-order valence-corrected chi connectivity index (χ4v) is 27.4. The third-order valence-corrected chi connectivity index (χ3v) is 26.3. The van der Waals surface area contributed by atoms with Gasteiger partial charge in [0.25, 0.3) is 0 Å². The predicted octanol–water partition coefficient (Wildman–Crippen LogP) is 11.2. The van der Waals surface area contributed by atoms with Crippen molar-refractivity contribution in [1.82, 2.24) is 0 Å². The van der Waals surface area contributed by atoms with E-state index in [0.29, 0.717) is 7.25 Å². The summed E-state index contributed by atoms with van der Waals surface area (Å²) in [4.78, 5) is 0. The van der Waals surface area contributed by atoms with Crippen molar-refractivity contribution < 1.29 is 19.4 Å². The van der Waals surface area contributed by atoms with Crippen LogP contribution in [-0.4, -0.2) is 7.37 Å². The molecule has 0 saturated carbocycles. The van der Waals surface area contributed by atoms with E-state index in [1.807, 2.05) is 0 Å². The normalized spacial score (nSPS) is 17.7. The molecule has 0 fully saturated rings. The van der Waals surface area contributed by atoms with Crippen LogP contribution in [0.15, 0.2) is 108 Å². The Morgan fingerprint density at radius 3 is 1.24 bits per heavy atom. The third-order valence-electron chi connectivity index (χ3n) is 8.78. The largest absolute Gasteiger partial charge is 0.147 e. The molecule has 4 heteroatoms. The van der Waals surface area contributed by atoms with Gasteiger partial charge in [-0.25, -0.2) is 0 Å². The first-order valence-corrected chi connectivity index (χ1v) is 28.9. The van der Waals surface area contributed by atoms with Gasteiger partial charge in [0, 0.05) is 0 Å². The van der Waals surface area contributed by atoms with Crippen LogP contribution in [0.4, 0.5) is 0 Å². The third kappa shape index (κ3) is 6.44. The predicted molar refractivity (Wildman–Crippen MR) is 192 cm³/mol. The molecule has 0 bridgehead atoms. The molecule has 4 aromatic carbocycles. The van der Waals surface area contributed by atoms with Gasteiger partial charge in [0.15, 0.2) is 0 Å². The van der Waals surface area contributed by atoms with Gasteiger partial charge in [-0.05, 0) is 0 Å². The second kappa shape index (κ2) is 15.2. The molecule has 42 heavy (non-hydrogen) atoms. The Kier molecular flexibility index (Phi) is 12.5. The summed E-state index contributed by atoms with van der Waals surface area (Å²) in [5.41, 5.74) is 15.1. The van der Waals surface area contributed by atoms with E-state index in [-0.39, 0.29) is 24.8 Å².